The molecule has 2 aromatic rings. The summed E-state index contributed by atoms with van der Waals surface area (Å²) < 4.78 is 5.34. The summed E-state index contributed by atoms with van der Waals surface area (Å²) in [5, 5.41) is 3.43. The van der Waals surface area contributed by atoms with Crippen molar-refractivity contribution in [3.05, 3.63) is 64.1 Å². The maximum Gasteiger partial charge on any atom is 0.410 e. The molecule has 0 aliphatic carbocycles. The van der Waals surface area contributed by atoms with E-state index < -0.39 is 12.1 Å². The molecule has 1 heterocycles. The van der Waals surface area contributed by atoms with Crippen molar-refractivity contribution in [3.63, 3.8) is 0 Å². The minimum Gasteiger partial charge on any atom is -0.445 e. The van der Waals surface area contributed by atoms with Crippen molar-refractivity contribution in [3.8, 4) is 0 Å². The lowest BCUT2D eigenvalue weighted by Gasteiger charge is -2.23. The number of hydrogen-bond donors (Lipinski definition) is 1. The first-order valence-electron chi connectivity index (χ1n) is 8.28. The van der Waals surface area contributed by atoms with Gasteiger partial charge < -0.3 is 10.1 Å². The number of amides is 2. The Labute approximate surface area is 161 Å². The smallest absolute Gasteiger partial charge is 0.410 e. The van der Waals surface area contributed by atoms with Crippen LogP contribution in [0.5, 0.6) is 0 Å². The first-order valence-corrected chi connectivity index (χ1v) is 9.04. The zero-order valence-corrected chi connectivity index (χ0v) is 15.5. The van der Waals surface area contributed by atoms with Crippen LogP contribution in [0.15, 0.2) is 48.5 Å². The zero-order chi connectivity index (χ0) is 18.5. The van der Waals surface area contributed by atoms with Crippen molar-refractivity contribution in [2.24, 2.45) is 0 Å². The summed E-state index contributed by atoms with van der Waals surface area (Å²) in [5.41, 5.74) is 1.24. The molecule has 5 nitrogen and oxygen atoms in total. The quantitative estimate of drug-likeness (QED) is 0.817. The number of carbonyl (C=O) groups is 2. The van der Waals surface area contributed by atoms with Gasteiger partial charge in [0.15, 0.2) is 0 Å². The fourth-order valence-electron chi connectivity index (χ4n) is 2.88. The lowest BCUT2D eigenvalue weighted by Crippen LogP contribution is -2.43. The second kappa shape index (κ2) is 8.43. The summed E-state index contributed by atoms with van der Waals surface area (Å²) in [6, 6.07) is 13.8. The second-order valence-corrected chi connectivity index (χ2v) is 6.79. The van der Waals surface area contributed by atoms with E-state index in [4.69, 9.17) is 27.9 Å². The molecule has 7 heteroatoms. The SMILES string of the molecule is O=C(Nc1c(Cl)cccc1Cl)C1CCCN1C(=O)OCc1ccccc1. The average Bonchev–Trinajstić information content (AvgIpc) is 3.13. The minimum atomic E-state index is -0.606. The van der Waals surface area contributed by atoms with Gasteiger partial charge in [0, 0.05) is 6.54 Å². The van der Waals surface area contributed by atoms with Gasteiger partial charge >= 0.3 is 6.09 Å². The molecule has 136 valence electrons. The van der Waals surface area contributed by atoms with E-state index in [9.17, 15) is 9.59 Å². The van der Waals surface area contributed by atoms with E-state index in [2.05, 4.69) is 5.32 Å². The highest BCUT2D eigenvalue weighted by molar-refractivity contribution is 6.39. The monoisotopic (exact) mass is 392 g/mol. The molecule has 2 aromatic carbocycles. The lowest BCUT2D eigenvalue weighted by atomic mass is 10.2. The van der Waals surface area contributed by atoms with Gasteiger partial charge in [0.25, 0.3) is 0 Å². The van der Waals surface area contributed by atoms with Gasteiger partial charge in [0.1, 0.15) is 12.6 Å². The van der Waals surface area contributed by atoms with Crippen LogP contribution >= 0.6 is 23.2 Å². The van der Waals surface area contributed by atoms with E-state index in [1.165, 1.54) is 4.90 Å². The maximum atomic E-state index is 12.6. The van der Waals surface area contributed by atoms with Gasteiger partial charge in [-0.15, -0.1) is 0 Å². The molecule has 0 spiro atoms. The molecule has 26 heavy (non-hydrogen) atoms. The number of nitrogens with zero attached hydrogens (tertiary/aromatic N) is 1. The number of rotatable bonds is 4. The summed E-state index contributed by atoms with van der Waals surface area (Å²) in [6.45, 7) is 0.642. The molecule has 1 saturated heterocycles. The Balaban J connectivity index is 1.63. The number of hydrogen-bond acceptors (Lipinski definition) is 3. The average molecular weight is 393 g/mol. The van der Waals surface area contributed by atoms with Crippen LogP contribution in [0, 0.1) is 0 Å². The molecule has 0 bridgehead atoms. The van der Waals surface area contributed by atoms with Gasteiger partial charge in [-0.3, -0.25) is 9.69 Å². The number of carbonyl (C=O) groups excluding carboxylic acids is 2. The van der Waals surface area contributed by atoms with Crippen molar-refractivity contribution in [1.29, 1.82) is 0 Å². The van der Waals surface area contributed by atoms with Crippen LogP contribution in [0.1, 0.15) is 18.4 Å². The van der Waals surface area contributed by atoms with Crippen molar-refractivity contribution >= 4 is 40.9 Å². The molecule has 1 aliphatic rings. The van der Waals surface area contributed by atoms with Crippen LogP contribution in [0.3, 0.4) is 0 Å². The van der Waals surface area contributed by atoms with E-state index in [-0.39, 0.29) is 12.5 Å². The standard InChI is InChI=1S/C19H18Cl2N2O3/c20-14-8-4-9-15(21)17(14)22-18(24)16-10-5-11-23(16)19(25)26-12-13-6-2-1-3-7-13/h1-4,6-9,16H,5,10-12H2,(H,22,24). The third-order valence-electron chi connectivity index (χ3n) is 4.21. The predicted octanol–water partition coefficient (Wildman–Crippen LogP) is 4.73. The molecule has 2 amide bonds. The van der Waals surface area contributed by atoms with Gasteiger partial charge in [0.2, 0.25) is 5.91 Å². The zero-order valence-electron chi connectivity index (χ0n) is 14.0. The maximum absolute atomic E-state index is 12.6. The molecule has 0 saturated carbocycles. The fraction of sp³-hybridized carbons (Fsp3) is 0.263. The third kappa shape index (κ3) is 4.29. The Kier molecular flexibility index (Phi) is 6.01. The van der Waals surface area contributed by atoms with E-state index in [1.807, 2.05) is 30.3 Å². The van der Waals surface area contributed by atoms with Gasteiger partial charge in [-0.25, -0.2) is 4.79 Å². The van der Waals surface area contributed by atoms with E-state index >= 15 is 0 Å². The molecule has 1 aliphatic heterocycles. The van der Waals surface area contributed by atoms with Gasteiger partial charge in [0.05, 0.1) is 15.7 Å². The van der Waals surface area contributed by atoms with Crippen LogP contribution in [-0.4, -0.2) is 29.5 Å². The van der Waals surface area contributed by atoms with Gasteiger partial charge in [-0.1, -0.05) is 59.6 Å². The molecule has 1 fully saturated rings. The molecular weight excluding hydrogens is 375 g/mol. The van der Waals surface area contributed by atoms with Crippen LogP contribution in [-0.2, 0) is 16.1 Å². The van der Waals surface area contributed by atoms with Gasteiger partial charge in [-0.05, 0) is 30.5 Å². The Morgan fingerprint density at radius 1 is 1.08 bits per heavy atom. The number of anilines is 1. The molecule has 1 N–H and O–H groups in total. The largest absolute Gasteiger partial charge is 0.445 e. The van der Waals surface area contributed by atoms with Crippen molar-refractivity contribution < 1.29 is 14.3 Å². The van der Waals surface area contributed by atoms with Crippen LogP contribution in [0.4, 0.5) is 10.5 Å². The Hall–Kier alpha value is -2.24. The Bertz CT molecular complexity index is 778. The van der Waals surface area contributed by atoms with Gasteiger partial charge in [-0.2, -0.15) is 0 Å². The Morgan fingerprint density at radius 2 is 1.77 bits per heavy atom. The highest BCUT2D eigenvalue weighted by Crippen LogP contribution is 2.31. The Morgan fingerprint density at radius 3 is 2.46 bits per heavy atom. The number of likely N-dealkylation sites (tertiary alicyclic amines) is 1. The molecular formula is C19H18Cl2N2O3. The summed E-state index contributed by atoms with van der Waals surface area (Å²) in [7, 11) is 0. The van der Waals surface area contributed by atoms with E-state index in [0.717, 1.165) is 12.0 Å². The van der Waals surface area contributed by atoms with Crippen LogP contribution < -0.4 is 5.32 Å². The predicted molar refractivity (Wildman–Crippen MR) is 101 cm³/mol. The minimum absolute atomic E-state index is 0.168. The number of ether oxygens (including phenoxy) is 1. The van der Waals surface area contributed by atoms with Crippen molar-refractivity contribution in [2.45, 2.75) is 25.5 Å². The normalized spacial score (nSPS) is 16.4. The van der Waals surface area contributed by atoms with Crippen LogP contribution in [0.2, 0.25) is 10.0 Å². The number of halogens is 2. The summed E-state index contributed by atoms with van der Waals surface area (Å²) in [6.07, 6.45) is 0.792. The lowest BCUT2D eigenvalue weighted by molar-refractivity contribution is -0.120. The molecule has 3 rings (SSSR count). The summed E-state index contributed by atoms with van der Waals surface area (Å²) in [4.78, 5) is 26.5. The third-order valence-corrected chi connectivity index (χ3v) is 4.84. The van der Waals surface area contributed by atoms with Crippen molar-refractivity contribution in [2.75, 3.05) is 11.9 Å². The summed E-state index contributed by atoms with van der Waals surface area (Å²) in [5.74, 6) is -0.325. The number of nitrogens with one attached hydrogen (secondary N) is 1. The fourth-order valence-corrected chi connectivity index (χ4v) is 3.38. The topological polar surface area (TPSA) is 58.6 Å². The number of benzene rings is 2. The second-order valence-electron chi connectivity index (χ2n) is 5.98. The first-order chi connectivity index (χ1) is 12.6. The number of para-hydroxylation sites is 1. The highest BCUT2D eigenvalue weighted by atomic mass is 35.5. The molecule has 1 unspecified atom stereocenters. The first kappa shape index (κ1) is 18.5. The van der Waals surface area contributed by atoms with E-state index in [0.29, 0.717) is 28.7 Å². The summed E-state index contributed by atoms with van der Waals surface area (Å²) >= 11 is 12.2. The molecule has 1 atom stereocenters. The van der Waals surface area contributed by atoms with Crippen molar-refractivity contribution in [1.82, 2.24) is 4.90 Å². The van der Waals surface area contributed by atoms with E-state index in [1.54, 1.807) is 18.2 Å². The van der Waals surface area contributed by atoms with Crippen LogP contribution in [0.25, 0.3) is 0 Å². The molecule has 0 radical (unpaired) electrons. The highest BCUT2D eigenvalue weighted by Gasteiger charge is 2.35. The molecule has 0 aromatic heterocycles.